The molecule has 18 heavy (non-hydrogen) atoms. The maximum Gasteiger partial charge on any atom is 0.339 e. The highest BCUT2D eigenvalue weighted by Gasteiger charge is 2.34. The smallest absolute Gasteiger partial charge is 0.339 e. The molecule has 7 heteroatoms. The second-order valence-electron chi connectivity index (χ2n) is 3.86. The first-order valence-electron chi connectivity index (χ1n) is 5.07. The van der Waals surface area contributed by atoms with Crippen LogP contribution in [0.3, 0.4) is 0 Å². The number of carbonyl (C=O) groups excluding carboxylic acids is 1. The predicted octanol–water partition coefficient (Wildman–Crippen LogP) is 2.68. The van der Waals surface area contributed by atoms with E-state index in [0.717, 1.165) is 17.0 Å². The summed E-state index contributed by atoms with van der Waals surface area (Å²) >= 11 is 9.02. The van der Waals surface area contributed by atoms with Gasteiger partial charge in [0.1, 0.15) is 11.4 Å². The molecular formula is C11H8BrClFNO3. The molecule has 1 aromatic carbocycles. The summed E-state index contributed by atoms with van der Waals surface area (Å²) in [5.74, 6) is -2.47. The second-order valence-corrected chi connectivity index (χ2v) is 5.57. The SMILES string of the molecule is O=C(O)c1c(Cl)ccc(F)c1N1CC(Br)CC1=O. The molecule has 1 unspecified atom stereocenters. The lowest BCUT2D eigenvalue weighted by Gasteiger charge is -2.19. The summed E-state index contributed by atoms with van der Waals surface area (Å²) in [6, 6.07) is 2.22. The molecule has 0 spiro atoms. The summed E-state index contributed by atoms with van der Waals surface area (Å²) in [5, 5.41) is 8.99. The Kier molecular flexibility index (Phi) is 3.59. The van der Waals surface area contributed by atoms with Crippen LogP contribution in [-0.2, 0) is 4.79 Å². The molecule has 1 saturated heterocycles. The van der Waals surface area contributed by atoms with Crippen molar-refractivity contribution in [3.05, 3.63) is 28.5 Å². The number of anilines is 1. The van der Waals surface area contributed by atoms with Crippen LogP contribution in [0, 0.1) is 5.82 Å². The van der Waals surface area contributed by atoms with Gasteiger partial charge in [0.05, 0.1) is 10.7 Å². The first kappa shape index (κ1) is 13.3. The molecule has 1 N–H and O–H groups in total. The van der Waals surface area contributed by atoms with Gasteiger partial charge in [-0.2, -0.15) is 0 Å². The van der Waals surface area contributed by atoms with Crippen LogP contribution >= 0.6 is 27.5 Å². The van der Waals surface area contributed by atoms with Crippen molar-refractivity contribution in [3.63, 3.8) is 0 Å². The largest absolute Gasteiger partial charge is 0.478 e. The number of carboxylic acids is 1. The van der Waals surface area contributed by atoms with Crippen molar-refractivity contribution in [2.75, 3.05) is 11.4 Å². The van der Waals surface area contributed by atoms with E-state index >= 15 is 0 Å². The number of nitrogens with zero attached hydrogens (tertiary/aromatic N) is 1. The van der Waals surface area contributed by atoms with Crippen molar-refractivity contribution in [3.8, 4) is 0 Å². The highest BCUT2D eigenvalue weighted by atomic mass is 79.9. The Balaban J connectivity index is 2.59. The quantitative estimate of drug-likeness (QED) is 0.845. The number of benzene rings is 1. The first-order valence-corrected chi connectivity index (χ1v) is 6.37. The topological polar surface area (TPSA) is 57.6 Å². The highest BCUT2D eigenvalue weighted by molar-refractivity contribution is 9.09. The van der Waals surface area contributed by atoms with Crippen molar-refractivity contribution < 1.29 is 19.1 Å². The van der Waals surface area contributed by atoms with Gasteiger partial charge in [-0.3, -0.25) is 4.79 Å². The lowest BCUT2D eigenvalue weighted by molar-refractivity contribution is -0.117. The zero-order valence-electron chi connectivity index (χ0n) is 8.99. The fourth-order valence-electron chi connectivity index (χ4n) is 1.89. The van der Waals surface area contributed by atoms with Crippen molar-refractivity contribution in [2.24, 2.45) is 0 Å². The standard InChI is InChI=1S/C11H8BrClFNO3/c12-5-3-8(16)15(4-5)10-7(14)2-1-6(13)9(10)11(17)18/h1-2,5H,3-4H2,(H,17,18). The summed E-state index contributed by atoms with van der Waals surface area (Å²) in [5.41, 5.74) is -0.645. The average Bonchev–Trinajstić information content (AvgIpc) is 2.60. The lowest BCUT2D eigenvalue weighted by Crippen LogP contribution is -2.28. The van der Waals surface area contributed by atoms with Crippen LogP contribution in [0.1, 0.15) is 16.8 Å². The summed E-state index contributed by atoms with van der Waals surface area (Å²) in [7, 11) is 0. The molecule has 4 nitrogen and oxygen atoms in total. The fourth-order valence-corrected chi connectivity index (χ4v) is 2.69. The number of aromatic carboxylic acids is 1. The van der Waals surface area contributed by atoms with Crippen LogP contribution in [0.15, 0.2) is 12.1 Å². The van der Waals surface area contributed by atoms with Gasteiger partial charge in [0.15, 0.2) is 0 Å². The van der Waals surface area contributed by atoms with Crippen LogP contribution in [0.4, 0.5) is 10.1 Å². The van der Waals surface area contributed by atoms with E-state index < -0.39 is 11.8 Å². The van der Waals surface area contributed by atoms with E-state index in [1.807, 2.05) is 0 Å². The van der Waals surface area contributed by atoms with Gasteiger partial charge >= 0.3 is 5.97 Å². The highest BCUT2D eigenvalue weighted by Crippen LogP contribution is 2.34. The molecule has 1 aliphatic rings. The third-order valence-electron chi connectivity index (χ3n) is 2.64. The van der Waals surface area contributed by atoms with E-state index in [4.69, 9.17) is 16.7 Å². The number of hydrogen-bond acceptors (Lipinski definition) is 2. The molecule has 0 saturated carbocycles. The molecular weight excluding hydrogens is 328 g/mol. The minimum Gasteiger partial charge on any atom is -0.478 e. The Morgan fingerprint density at radius 2 is 2.22 bits per heavy atom. The van der Waals surface area contributed by atoms with Crippen LogP contribution in [0.25, 0.3) is 0 Å². The fraction of sp³-hybridized carbons (Fsp3) is 0.273. The first-order chi connectivity index (χ1) is 8.41. The number of carboxylic acid groups (broad SMARTS) is 1. The van der Waals surface area contributed by atoms with Crippen molar-refractivity contribution >= 4 is 45.1 Å². The molecule has 0 bridgehead atoms. The Labute approximate surface area is 115 Å². The van der Waals surface area contributed by atoms with Crippen molar-refractivity contribution in [2.45, 2.75) is 11.2 Å². The molecule has 1 amide bonds. The normalized spacial score (nSPS) is 19.4. The third kappa shape index (κ3) is 2.22. The van der Waals surface area contributed by atoms with Crippen LogP contribution in [0.2, 0.25) is 5.02 Å². The van der Waals surface area contributed by atoms with Gasteiger partial charge in [-0.1, -0.05) is 27.5 Å². The van der Waals surface area contributed by atoms with Gasteiger partial charge in [0.25, 0.3) is 0 Å². The summed E-state index contributed by atoms with van der Waals surface area (Å²) in [6.45, 7) is 0.219. The van der Waals surface area contributed by atoms with E-state index in [0.29, 0.717) is 0 Å². The Bertz CT molecular complexity index is 537. The number of halogens is 3. The number of carbonyl (C=O) groups is 2. The van der Waals surface area contributed by atoms with Gasteiger partial charge in [-0.25, -0.2) is 9.18 Å². The van der Waals surface area contributed by atoms with Crippen LogP contribution < -0.4 is 4.90 Å². The van der Waals surface area contributed by atoms with E-state index in [2.05, 4.69) is 15.9 Å². The maximum atomic E-state index is 13.8. The van der Waals surface area contributed by atoms with E-state index in [9.17, 15) is 14.0 Å². The molecule has 2 rings (SSSR count). The third-order valence-corrected chi connectivity index (χ3v) is 3.57. The van der Waals surface area contributed by atoms with Gasteiger partial charge in [0.2, 0.25) is 5.91 Å². The minimum atomic E-state index is -1.36. The molecule has 0 radical (unpaired) electrons. The second kappa shape index (κ2) is 4.85. The Hall–Kier alpha value is -1.14. The van der Waals surface area contributed by atoms with Crippen LogP contribution in [-0.4, -0.2) is 28.4 Å². The van der Waals surface area contributed by atoms with Crippen molar-refractivity contribution in [1.29, 1.82) is 0 Å². The van der Waals surface area contributed by atoms with Gasteiger partial charge in [0, 0.05) is 17.8 Å². The van der Waals surface area contributed by atoms with E-state index in [1.165, 1.54) is 0 Å². The molecule has 1 atom stereocenters. The number of hydrogen-bond donors (Lipinski definition) is 1. The molecule has 1 fully saturated rings. The lowest BCUT2D eigenvalue weighted by atomic mass is 10.1. The Morgan fingerprint density at radius 3 is 2.72 bits per heavy atom. The summed E-state index contributed by atoms with van der Waals surface area (Å²) in [6.07, 6.45) is 0.199. The maximum absolute atomic E-state index is 13.8. The Morgan fingerprint density at radius 1 is 1.56 bits per heavy atom. The van der Waals surface area contributed by atoms with E-state index in [1.54, 1.807) is 0 Å². The van der Waals surface area contributed by atoms with Gasteiger partial charge in [-0.05, 0) is 12.1 Å². The summed E-state index contributed by atoms with van der Waals surface area (Å²) < 4.78 is 13.8. The number of rotatable bonds is 2. The van der Waals surface area contributed by atoms with Gasteiger partial charge in [-0.15, -0.1) is 0 Å². The van der Waals surface area contributed by atoms with Crippen LogP contribution in [0.5, 0.6) is 0 Å². The van der Waals surface area contributed by atoms with E-state index in [-0.39, 0.29) is 40.0 Å². The average molecular weight is 337 g/mol. The molecule has 0 aromatic heterocycles. The number of amides is 1. The molecule has 0 aliphatic carbocycles. The zero-order valence-corrected chi connectivity index (χ0v) is 11.3. The monoisotopic (exact) mass is 335 g/mol. The van der Waals surface area contributed by atoms with Gasteiger partial charge < -0.3 is 10.0 Å². The number of alkyl halides is 1. The molecule has 96 valence electrons. The molecule has 1 aromatic rings. The summed E-state index contributed by atoms with van der Waals surface area (Å²) in [4.78, 5) is 23.9. The molecule has 1 heterocycles. The minimum absolute atomic E-state index is 0.0928. The van der Waals surface area contributed by atoms with Crippen molar-refractivity contribution in [1.82, 2.24) is 0 Å². The predicted molar refractivity (Wildman–Crippen MR) is 68.1 cm³/mol. The molecule has 1 aliphatic heterocycles. The zero-order chi connectivity index (χ0) is 13.4.